The van der Waals surface area contributed by atoms with Crippen molar-refractivity contribution in [2.75, 3.05) is 9.80 Å². The number of hydrogen-bond donors (Lipinski definition) is 0. The fourth-order valence-electron chi connectivity index (χ4n) is 7.32. The Morgan fingerprint density at radius 3 is 1.61 bits per heavy atom. The minimum absolute atomic E-state index is 0.346. The number of anilines is 5. The summed E-state index contributed by atoms with van der Waals surface area (Å²) in [6.45, 7) is 0. The highest BCUT2D eigenvalue weighted by Gasteiger charge is 2.53. The Morgan fingerprint density at radius 1 is 0.510 bits per heavy atom. The van der Waals surface area contributed by atoms with Gasteiger partial charge >= 0.3 is 5.97 Å². The first-order chi connectivity index (χ1) is 24.2. The normalized spacial score (nSPS) is 16.9. The van der Waals surface area contributed by atoms with Gasteiger partial charge in [0.1, 0.15) is 11.5 Å². The van der Waals surface area contributed by atoms with Crippen LogP contribution in [0.4, 0.5) is 28.4 Å². The van der Waals surface area contributed by atoms with E-state index < -0.39 is 5.60 Å². The molecule has 49 heavy (non-hydrogen) atoms. The van der Waals surface area contributed by atoms with Crippen molar-refractivity contribution in [3.8, 4) is 11.5 Å². The third-order valence-electron chi connectivity index (χ3n) is 9.47. The van der Waals surface area contributed by atoms with Crippen molar-refractivity contribution in [3.05, 3.63) is 198 Å². The smallest absolute Gasteiger partial charge is 0.340 e. The maximum atomic E-state index is 13.6. The van der Waals surface area contributed by atoms with Crippen molar-refractivity contribution < 1.29 is 14.3 Å². The van der Waals surface area contributed by atoms with Crippen molar-refractivity contribution in [1.29, 1.82) is 0 Å². The van der Waals surface area contributed by atoms with Gasteiger partial charge in [0.05, 0.1) is 5.56 Å². The number of para-hydroxylation sites is 3. The van der Waals surface area contributed by atoms with Crippen LogP contribution >= 0.6 is 0 Å². The highest BCUT2D eigenvalue weighted by atomic mass is 16.6. The predicted octanol–water partition coefficient (Wildman–Crippen LogP) is 11.1. The lowest BCUT2D eigenvalue weighted by atomic mass is 9.77. The van der Waals surface area contributed by atoms with E-state index in [0.717, 1.165) is 63.7 Å². The first-order valence-electron chi connectivity index (χ1n) is 16.6. The van der Waals surface area contributed by atoms with Crippen molar-refractivity contribution in [2.45, 2.75) is 18.4 Å². The molecule has 0 radical (unpaired) electrons. The number of fused-ring (bicyclic) bond motifs is 6. The third kappa shape index (κ3) is 4.74. The molecule has 0 amide bonds. The number of esters is 1. The van der Waals surface area contributed by atoms with E-state index in [-0.39, 0.29) is 5.97 Å². The molecule has 2 aliphatic heterocycles. The van der Waals surface area contributed by atoms with Gasteiger partial charge in [0, 0.05) is 63.0 Å². The van der Waals surface area contributed by atoms with Gasteiger partial charge in [0.15, 0.2) is 5.60 Å². The molecule has 0 bridgehead atoms. The molecule has 0 fully saturated rings. The van der Waals surface area contributed by atoms with Crippen molar-refractivity contribution >= 4 is 34.4 Å². The van der Waals surface area contributed by atoms with Gasteiger partial charge < -0.3 is 19.3 Å². The van der Waals surface area contributed by atoms with Gasteiger partial charge in [-0.05, 0) is 85.6 Å². The summed E-state index contributed by atoms with van der Waals surface area (Å²) in [4.78, 5) is 18.0. The summed E-state index contributed by atoms with van der Waals surface area (Å²) < 4.78 is 13.4. The van der Waals surface area contributed by atoms with Crippen LogP contribution in [0.2, 0.25) is 0 Å². The minimum Gasteiger partial charge on any atom is -0.456 e. The Balaban J connectivity index is 1.25. The lowest BCUT2D eigenvalue weighted by Gasteiger charge is -2.38. The van der Waals surface area contributed by atoms with Crippen LogP contribution in [0.1, 0.15) is 39.9 Å². The molecule has 1 aliphatic carbocycles. The van der Waals surface area contributed by atoms with E-state index in [1.54, 1.807) is 0 Å². The van der Waals surface area contributed by atoms with Gasteiger partial charge in [-0.1, -0.05) is 84.9 Å². The summed E-state index contributed by atoms with van der Waals surface area (Å²) in [6, 6.07) is 51.0. The second kappa shape index (κ2) is 11.7. The molecule has 0 saturated heterocycles. The summed E-state index contributed by atoms with van der Waals surface area (Å²) in [5.41, 5.74) is 7.85. The van der Waals surface area contributed by atoms with E-state index in [0.29, 0.717) is 17.1 Å². The zero-order valence-corrected chi connectivity index (χ0v) is 26.7. The summed E-state index contributed by atoms with van der Waals surface area (Å²) in [5.74, 6) is 0.923. The molecule has 6 aromatic rings. The molecule has 2 heterocycles. The fraction of sp³-hybridized carbons (Fsp3) is 0.0682. The molecule has 236 valence electrons. The number of nitrogens with zero attached hydrogens (tertiary/aromatic N) is 2. The van der Waals surface area contributed by atoms with Crippen LogP contribution in [0.25, 0.3) is 0 Å². The topological polar surface area (TPSA) is 42.0 Å². The van der Waals surface area contributed by atoms with Crippen LogP contribution in [-0.4, -0.2) is 5.97 Å². The lowest BCUT2D eigenvalue weighted by molar-refractivity contribution is 0.0224. The van der Waals surface area contributed by atoms with Crippen LogP contribution in [-0.2, 0) is 10.3 Å². The molecular formula is C44H32N2O3. The average Bonchev–Trinajstić information content (AvgIpc) is 3.45. The zero-order chi connectivity index (χ0) is 32.8. The fourth-order valence-corrected chi connectivity index (χ4v) is 7.32. The number of benzene rings is 6. The number of allylic oxidation sites excluding steroid dienone is 3. The highest BCUT2D eigenvalue weighted by molar-refractivity contribution is 5.97. The van der Waals surface area contributed by atoms with Crippen LogP contribution in [0.3, 0.4) is 0 Å². The molecule has 1 atom stereocenters. The third-order valence-corrected chi connectivity index (χ3v) is 9.47. The molecule has 1 unspecified atom stereocenters. The van der Waals surface area contributed by atoms with Crippen LogP contribution in [0.5, 0.6) is 11.5 Å². The van der Waals surface area contributed by atoms with Gasteiger partial charge in [0.2, 0.25) is 0 Å². The molecule has 9 rings (SSSR count). The van der Waals surface area contributed by atoms with E-state index in [4.69, 9.17) is 9.47 Å². The predicted molar refractivity (Wildman–Crippen MR) is 194 cm³/mol. The zero-order valence-electron chi connectivity index (χ0n) is 26.7. The summed E-state index contributed by atoms with van der Waals surface area (Å²) in [5, 5.41) is 0. The standard InChI is InChI=1S/C44H32N2O3/c47-43-37-23-13-14-24-38(37)44(49-43)39-27-25-35(45(31-15-5-1-6-16-31)32-17-7-2-8-18-32)29-41(39)48-42-30-36(26-28-40(42)44)46(33-19-9-3-10-20-33)34-21-11-4-12-22-34/h1-3,5-11,13-30H,4,12H2. The van der Waals surface area contributed by atoms with E-state index in [1.165, 1.54) is 0 Å². The number of carbonyl (C=O) groups is 1. The van der Waals surface area contributed by atoms with E-state index >= 15 is 0 Å². The number of ether oxygens (including phenoxy) is 2. The maximum absolute atomic E-state index is 13.6. The Morgan fingerprint density at radius 2 is 1.04 bits per heavy atom. The van der Waals surface area contributed by atoms with E-state index in [1.807, 2.05) is 72.8 Å². The van der Waals surface area contributed by atoms with Gasteiger partial charge in [-0.25, -0.2) is 4.79 Å². The highest BCUT2D eigenvalue weighted by Crippen LogP contribution is 2.57. The van der Waals surface area contributed by atoms with Crippen LogP contribution in [0.15, 0.2) is 176 Å². The van der Waals surface area contributed by atoms with E-state index in [2.05, 4.69) is 107 Å². The quantitative estimate of drug-likeness (QED) is 0.170. The van der Waals surface area contributed by atoms with E-state index in [9.17, 15) is 4.79 Å². The molecule has 6 aromatic carbocycles. The Labute approximate surface area is 285 Å². The molecule has 3 aliphatic rings. The maximum Gasteiger partial charge on any atom is 0.340 e. The molecule has 5 heteroatoms. The van der Waals surface area contributed by atoms with Gasteiger partial charge in [-0.15, -0.1) is 0 Å². The van der Waals surface area contributed by atoms with Crippen molar-refractivity contribution in [3.63, 3.8) is 0 Å². The monoisotopic (exact) mass is 636 g/mol. The molecular weight excluding hydrogens is 604 g/mol. The Hall–Kier alpha value is -6.33. The molecule has 0 N–H and O–H groups in total. The number of hydrogen-bond acceptors (Lipinski definition) is 5. The molecule has 0 saturated carbocycles. The number of rotatable bonds is 6. The Kier molecular flexibility index (Phi) is 6.91. The summed E-state index contributed by atoms with van der Waals surface area (Å²) in [7, 11) is 0. The minimum atomic E-state index is -1.17. The van der Waals surface area contributed by atoms with Crippen molar-refractivity contribution in [1.82, 2.24) is 0 Å². The van der Waals surface area contributed by atoms with Gasteiger partial charge in [0.25, 0.3) is 0 Å². The summed E-state index contributed by atoms with van der Waals surface area (Å²) in [6.07, 6.45) is 8.66. The first kappa shape index (κ1) is 28.9. The second-order valence-corrected chi connectivity index (χ2v) is 12.4. The summed E-state index contributed by atoms with van der Waals surface area (Å²) >= 11 is 0. The second-order valence-electron chi connectivity index (χ2n) is 12.4. The van der Waals surface area contributed by atoms with Crippen LogP contribution in [0, 0.1) is 0 Å². The molecule has 1 spiro atoms. The molecule has 0 aromatic heterocycles. The van der Waals surface area contributed by atoms with Gasteiger partial charge in [-0.3, -0.25) is 0 Å². The van der Waals surface area contributed by atoms with Crippen LogP contribution < -0.4 is 14.5 Å². The van der Waals surface area contributed by atoms with Crippen molar-refractivity contribution in [2.24, 2.45) is 0 Å². The van der Waals surface area contributed by atoms with Gasteiger partial charge in [-0.2, -0.15) is 0 Å². The largest absolute Gasteiger partial charge is 0.456 e. The first-order valence-corrected chi connectivity index (χ1v) is 16.6. The lowest BCUT2D eigenvalue weighted by Crippen LogP contribution is -2.33. The Bertz CT molecular complexity index is 2220. The SMILES string of the molecule is O=C1OC2(c3ccc(N(C4=CCCC=C4)c4ccccc4)cc3Oc3cc(N(c4ccccc4)c4ccccc4)ccc32)c2ccccc21. The molecule has 5 nitrogen and oxygen atoms in total. The average molecular weight is 637 g/mol. The number of carbonyl (C=O) groups excluding carboxylic acids is 1.